The minimum absolute atomic E-state index is 0.0271. The molecule has 0 amide bonds. The van der Waals surface area contributed by atoms with Crippen LogP contribution in [0.5, 0.6) is 0 Å². The summed E-state index contributed by atoms with van der Waals surface area (Å²) in [5, 5.41) is 0. The third-order valence-corrected chi connectivity index (χ3v) is 3.94. The Hall–Kier alpha value is -1.06. The lowest BCUT2D eigenvalue weighted by Gasteiger charge is -2.26. The summed E-state index contributed by atoms with van der Waals surface area (Å²) < 4.78 is 10.6. The summed E-state index contributed by atoms with van der Waals surface area (Å²) in [4.78, 5) is 23.8. The number of rotatable bonds is 8. The lowest BCUT2D eigenvalue weighted by molar-refractivity contribution is -0.155. The number of hydrogen-bond donors (Lipinski definition) is 0. The highest BCUT2D eigenvalue weighted by atomic mass is 16.5. The first kappa shape index (κ1) is 18.0. The Morgan fingerprint density at radius 3 is 1.95 bits per heavy atom. The maximum absolute atomic E-state index is 11.9. The third-order valence-electron chi connectivity index (χ3n) is 3.94. The van der Waals surface area contributed by atoms with Crippen LogP contribution in [-0.2, 0) is 19.1 Å². The van der Waals surface area contributed by atoms with Gasteiger partial charge in [-0.3, -0.25) is 9.59 Å². The van der Waals surface area contributed by atoms with E-state index in [1.165, 1.54) is 0 Å². The SMILES string of the molecule is CCCCCOC(=O)C1CCC(C(=O)OCC(C)C)CC1. The van der Waals surface area contributed by atoms with Crippen molar-refractivity contribution in [1.29, 1.82) is 0 Å². The van der Waals surface area contributed by atoms with Crippen molar-refractivity contribution in [3.63, 3.8) is 0 Å². The number of carbonyl (C=O) groups is 2. The van der Waals surface area contributed by atoms with E-state index in [9.17, 15) is 9.59 Å². The van der Waals surface area contributed by atoms with Gasteiger partial charge in [0.05, 0.1) is 25.0 Å². The minimum Gasteiger partial charge on any atom is -0.465 e. The zero-order chi connectivity index (χ0) is 15.7. The molecule has 0 aliphatic heterocycles. The topological polar surface area (TPSA) is 52.6 Å². The molecule has 122 valence electrons. The fraction of sp³-hybridized carbons (Fsp3) is 0.882. The molecule has 21 heavy (non-hydrogen) atoms. The van der Waals surface area contributed by atoms with Crippen molar-refractivity contribution in [2.24, 2.45) is 17.8 Å². The van der Waals surface area contributed by atoms with Gasteiger partial charge in [0.1, 0.15) is 0 Å². The van der Waals surface area contributed by atoms with Gasteiger partial charge < -0.3 is 9.47 Å². The molecule has 0 radical (unpaired) electrons. The molecular formula is C17H30O4. The largest absolute Gasteiger partial charge is 0.465 e. The molecule has 0 aromatic carbocycles. The standard InChI is InChI=1S/C17H30O4/c1-4-5-6-11-20-16(18)14-7-9-15(10-8-14)17(19)21-12-13(2)3/h13-15H,4-12H2,1-3H3. The van der Waals surface area contributed by atoms with E-state index in [4.69, 9.17) is 9.47 Å². The lowest BCUT2D eigenvalue weighted by atomic mass is 9.82. The number of unbranched alkanes of at least 4 members (excludes halogenated alkanes) is 2. The Morgan fingerprint density at radius 1 is 0.952 bits per heavy atom. The first-order chi connectivity index (χ1) is 10.0. The zero-order valence-corrected chi connectivity index (χ0v) is 13.7. The van der Waals surface area contributed by atoms with Gasteiger partial charge in [0, 0.05) is 0 Å². The summed E-state index contributed by atoms with van der Waals surface area (Å²) in [6, 6.07) is 0. The number of carbonyl (C=O) groups excluding carboxylic acids is 2. The Bertz CT molecular complexity index is 317. The van der Waals surface area contributed by atoms with Crippen LogP contribution in [0.2, 0.25) is 0 Å². The van der Waals surface area contributed by atoms with E-state index >= 15 is 0 Å². The maximum atomic E-state index is 11.9. The van der Waals surface area contributed by atoms with E-state index in [0.29, 0.717) is 19.1 Å². The van der Waals surface area contributed by atoms with Crippen molar-refractivity contribution in [3.8, 4) is 0 Å². The molecule has 0 N–H and O–H groups in total. The van der Waals surface area contributed by atoms with Crippen molar-refractivity contribution in [2.75, 3.05) is 13.2 Å². The molecule has 1 aliphatic carbocycles. The molecular weight excluding hydrogens is 268 g/mol. The van der Waals surface area contributed by atoms with Gasteiger partial charge in [0.15, 0.2) is 0 Å². The van der Waals surface area contributed by atoms with Crippen LogP contribution in [0, 0.1) is 17.8 Å². The smallest absolute Gasteiger partial charge is 0.308 e. The quantitative estimate of drug-likeness (QED) is 0.506. The van der Waals surface area contributed by atoms with Crippen molar-refractivity contribution < 1.29 is 19.1 Å². The highest BCUT2D eigenvalue weighted by Crippen LogP contribution is 2.30. The molecule has 0 heterocycles. The molecule has 0 spiro atoms. The maximum Gasteiger partial charge on any atom is 0.308 e. The zero-order valence-electron chi connectivity index (χ0n) is 13.7. The summed E-state index contributed by atoms with van der Waals surface area (Å²) in [6.45, 7) is 7.19. The highest BCUT2D eigenvalue weighted by molar-refractivity contribution is 5.75. The molecule has 1 fully saturated rings. The molecule has 0 saturated heterocycles. The molecule has 1 saturated carbocycles. The van der Waals surface area contributed by atoms with Crippen molar-refractivity contribution in [2.45, 2.75) is 65.7 Å². The second kappa shape index (κ2) is 9.80. The first-order valence-electron chi connectivity index (χ1n) is 8.37. The van der Waals surface area contributed by atoms with Crippen molar-refractivity contribution >= 4 is 11.9 Å². The van der Waals surface area contributed by atoms with Crippen molar-refractivity contribution in [1.82, 2.24) is 0 Å². The van der Waals surface area contributed by atoms with E-state index in [-0.39, 0.29) is 23.8 Å². The van der Waals surface area contributed by atoms with Crippen LogP contribution in [0.4, 0.5) is 0 Å². The second-order valence-electron chi connectivity index (χ2n) is 6.45. The van der Waals surface area contributed by atoms with Crippen LogP contribution < -0.4 is 0 Å². The van der Waals surface area contributed by atoms with Gasteiger partial charge in [0.25, 0.3) is 0 Å². The average Bonchev–Trinajstić information content (AvgIpc) is 2.49. The van der Waals surface area contributed by atoms with Gasteiger partial charge in [-0.1, -0.05) is 33.6 Å². The normalized spacial score (nSPS) is 22.1. The highest BCUT2D eigenvalue weighted by Gasteiger charge is 2.31. The Kier molecular flexibility index (Phi) is 8.40. The molecule has 0 aromatic rings. The Morgan fingerprint density at radius 2 is 1.48 bits per heavy atom. The molecule has 4 nitrogen and oxygen atoms in total. The molecule has 0 atom stereocenters. The monoisotopic (exact) mass is 298 g/mol. The summed E-state index contributed by atoms with van der Waals surface area (Å²) in [5.74, 6) is 0.121. The van der Waals surface area contributed by atoms with Crippen LogP contribution in [0.1, 0.15) is 65.7 Å². The van der Waals surface area contributed by atoms with Gasteiger partial charge in [-0.05, 0) is 38.0 Å². The summed E-state index contributed by atoms with van der Waals surface area (Å²) in [6.07, 6.45) is 6.14. The minimum atomic E-state index is -0.0986. The van der Waals surface area contributed by atoms with Gasteiger partial charge in [-0.2, -0.15) is 0 Å². The van der Waals surface area contributed by atoms with Crippen LogP contribution >= 0.6 is 0 Å². The van der Waals surface area contributed by atoms with E-state index in [1.807, 2.05) is 13.8 Å². The third kappa shape index (κ3) is 6.96. The second-order valence-corrected chi connectivity index (χ2v) is 6.45. The molecule has 0 aromatic heterocycles. The predicted octanol–water partition coefficient (Wildman–Crippen LogP) is 3.73. The molecule has 0 bridgehead atoms. The van der Waals surface area contributed by atoms with Crippen molar-refractivity contribution in [3.05, 3.63) is 0 Å². The number of hydrogen-bond acceptors (Lipinski definition) is 4. The fourth-order valence-corrected chi connectivity index (χ4v) is 2.57. The molecule has 4 heteroatoms. The Balaban J connectivity index is 2.21. The van der Waals surface area contributed by atoms with Crippen LogP contribution in [0.3, 0.4) is 0 Å². The van der Waals surface area contributed by atoms with Crippen LogP contribution in [0.15, 0.2) is 0 Å². The Labute approximate surface area is 128 Å². The van der Waals surface area contributed by atoms with Gasteiger partial charge in [0.2, 0.25) is 0 Å². The number of esters is 2. The van der Waals surface area contributed by atoms with Gasteiger partial charge in [-0.25, -0.2) is 0 Å². The van der Waals surface area contributed by atoms with Crippen LogP contribution in [-0.4, -0.2) is 25.2 Å². The number of ether oxygens (including phenoxy) is 2. The van der Waals surface area contributed by atoms with E-state index in [0.717, 1.165) is 44.9 Å². The molecule has 0 unspecified atom stereocenters. The average molecular weight is 298 g/mol. The molecule has 1 aliphatic rings. The van der Waals surface area contributed by atoms with Gasteiger partial charge in [-0.15, -0.1) is 0 Å². The fourth-order valence-electron chi connectivity index (χ4n) is 2.57. The van der Waals surface area contributed by atoms with E-state index in [2.05, 4.69) is 6.92 Å². The first-order valence-corrected chi connectivity index (χ1v) is 8.37. The van der Waals surface area contributed by atoms with Crippen LogP contribution in [0.25, 0.3) is 0 Å². The predicted molar refractivity (Wildman–Crippen MR) is 81.7 cm³/mol. The van der Waals surface area contributed by atoms with Gasteiger partial charge >= 0.3 is 11.9 Å². The lowest BCUT2D eigenvalue weighted by Crippen LogP contribution is -2.29. The van der Waals surface area contributed by atoms with E-state index < -0.39 is 0 Å². The summed E-state index contributed by atoms with van der Waals surface area (Å²) >= 11 is 0. The molecule has 1 rings (SSSR count). The van der Waals surface area contributed by atoms with E-state index in [1.54, 1.807) is 0 Å². The summed E-state index contributed by atoms with van der Waals surface area (Å²) in [5.41, 5.74) is 0. The summed E-state index contributed by atoms with van der Waals surface area (Å²) in [7, 11) is 0.